The van der Waals surface area contributed by atoms with E-state index in [1.165, 1.54) is 11.4 Å². The number of rotatable bonds is 4. The molecule has 0 bridgehead atoms. The fourth-order valence-corrected chi connectivity index (χ4v) is 2.66. The molecule has 0 unspecified atom stereocenters. The van der Waals surface area contributed by atoms with Crippen LogP contribution in [0.3, 0.4) is 0 Å². The molecule has 0 aliphatic carbocycles. The Morgan fingerprint density at radius 3 is 2.47 bits per heavy atom. The summed E-state index contributed by atoms with van der Waals surface area (Å²) >= 11 is 3.26. The Morgan fingerprint density at radius 2 is 2.00 bits per heavy atom. The fraction of sp³-hybridized carbons (Fsp3) is 0.400. The van der Waals surface area contributed by atoms with Crippen molar-refractivity contribution >= 4 is 37.5 Å². The van der Waals surface area contributed by atoms with Gasteiger partial charge in [-0.3, -0.25) is 4.72 Å². The van der Waals surface area contributed by atoms with E-state index < -0.39 is 10.2 Å². The molecule has 0 atom stereocenters. The van der Waals surface area contributed by atoms with E-state index in [-0.39, 0.29) is 6.04 Å². The maximum absolute atomic E-state index is 11.9. The largest absolute Gasteiger partial charge is 0.397 e. The van der Waals surface area contributed by atoms with Gasteiger partial charge in [-0.25, -0.2) is 0 Å². The van der Waals surface area contributed by atoms with Crippen molar-refractivity contribution in [2.24, 2.45) is 0 Å². The summed E-state index contributed by atoms with van der Waals surface area (Å²) in [6.45, 7) is 3.59. The van der Waals surface area contributed by atoms with Crippen molar-refractivity contribution in [3.63, 3.8) is 0 Å². The lowest BCUT2D eigenvalue weighted by Gasteiger charge is -2.22. The van der Waals surface area contributed by atoms with E-state index in [0.717, 1.165) is 4.47 Å². The zero-order valence-electron chi connectivity index (χ0n) is 9.94. The SMILES string of the molecule is CC(C)N(C)S(=O)(=O)Nc1ccc(Br)cc1N. The number of nitrogens with two attached hydrogens (primary N) is 1. The van der Waals surface area contributed by atoms with E-state index in [1.807, 2.05) is 0 Å². The van der Waals surface area contributed by atoms with Crippen molar-refractivity contribution in [3.05, 3.63) is 22.7 Å². The van der Waals surface area contributed by atoms with Crippen molar-refractivity contribution in [1.29, 1.82) is 0 Å². The van der Waals surface area contributed by atoms with Crippen molar-refractivity contribution in [1.82, 2.24) is 4.31 Å². The second kappa shape index (κ2) is 5.24. The van der Waals surface area contributed by atoms with Crippen LogP contribution in [0.15, 0.2) is 22.7 Å². The van der Waals surface area contributed by atoms with Gasteiger partial charge in [0.25, 0.3) is 0 Å². The summed E-state index contributed by atoms with van der Waals surface area (Å²) in [5, 5.41) is 0. The van der Waals surface area contributed by atoms with Crippen molar-refractivity contribution in [2.45, 2.75) is 19.9 Å². The molecule has 0 heterocycles. The van der Waals surface area contributed by atoms with Gasteiger partial charge in [-0.05, 0) is 32.0 Å². The molecule has 0 saturated heterocycles. The van der Waals surface area contributed by atoms with Crippen LogP contribution < -0.4 is 10.5 Å². The molecule has 0 aliphatic rings. The Labute approximate surface area is 110 Å². The predicted molar refractivity (Wildman–Crippen MR) is 74.0 cm³/mol. The number of halogens is 1. The Balaban J connectivity index is 2.98. The molecule has 0 amide bonds. The van der Waals surface area contributed by atoms with Gasteiger partial charge in [0.2, 0.25) is 0 Å². The van der Waals surface area contributed by atoms with Crippen LogP contribution in [-0.2, 0) is 10.2 Å². The van der Waals surface area contributed by atoms with E-state index in [9.17, 15) is 8.42 Å². The molecule has 17 heavy (non-hydrogen) atoms. The molecule has 1 rings (SSSR count). The molecule has 5 nitrogen and oxygen atoms in total. The summed E-state index contributed by atoms with van der Waals surface area (Å²) < 4.78 is 28.3. The number of nitrogen functional groups attached to an aromatic ring is 1. The van der Waals surface area contributed by atoms with Gasteiger partial charge in [0, 0.05) is 17.6 Å². The molecule has 0 spiro atoms. The first-order valence-electron chi connectivity index (χ1n) is 5.05. The molecule has 7 heteroatoms. The Kier molecular flexibility index (Phi) is 4.40. The maximum atomic E-state index is 11.9. The highest BCUT2D eigenvalue weighted by atomic mass is 79.9. The quantitative estimate of drug-likeness (QED) is 0.833. The number of benzene rings is 1. The molecule has 1 aromatic carbocycles. The van der Waals surface area contributed by atoms with Gasteiger partial charge in [0.05, 0.1) is 11.4 Å². The molecular weight excluding hydrogens is 306 g/mol. The predicted octanol–water partition coefficient (Wildman–Crippen LogP) is 2.03. The smallest absolute Gasteiger partial charge is 0.301 e. The normalized spacial score (nSPS) is 12.1. The first kappa shape index (κ1) is 14.3. The lowest BCUT2D eigenvalue weighted by atomic mass is 10.3. The van der Waals surface area contributed by atoms with Crippen LogP contribution in [0.2, 0.25) is 0 Å². The van der Waals surface area contributed by atoms with Gasteiger partial charge in [-0.2, -0.15) is 12.7 Å². The van der Waals surface area contributed by atoms with Crippen molar-refractivity contribution in [3.8, 4) is 0 Å². The van der Waals surface area contributed by atoms with Crippen molar-refractivity contribution in [2.75, 3.05) is 17.5 Å². The van der Waals surface area contributed by atoms with Gasteiger partial charge in [-0.15, -0.1) is 0 Å². The van der Waals surface area contributed by atoms with Crippen LogP contribution in [0.1, 0.15) is 13.8 Å². The van der Waals surface area contributed by atoms with Gasteiger partial charge in [-0.1, -0.05) is 15.9 Å². The van der Waals surface area contributed by atoms with Crippen LogP contribution in [0.5, 0.6) is 0 Å². The topological polar surface area (TPSA) is 75.4 Å². The molecule has 0 fully saturated rings. The van der Waals surface area contributed by atoms with Crippen molar-refractivity contribution < 1.29 is 8.42 Å². The molecule has 3 N–H and O–H groups in total. The number of nitrogens with one attached hydrogen (secondary N) is 1. The van der Waals surface area contributed by atoms with Gasteiger partial charge in [0.15, 0.2) is 0 Å². The summed E-state index contributed by atoms with van der Waals surface area (Å²) in [5.41, 5.74) is 6.48. The minimum atomic E-state index is -3.56. The van der Waals surface area contributed by atoms with Crippen LogP contribution in [0.25, 0.3) is 0 Å². The summed E-state index contributed by atoms with van der Waals surface area (Å²) in [6.07, 6.45) is 0. The third-order valence-electron chi connectivity index (χ3n) is 2.36. The lowest BCUT2D eigenvalue weighted by molar-refractivity contribution is 0.414. The van der Waals surface area contributed by atoms with Gasteiger partial charge >= 0.3 is 10.2 Å². The van der Waals surface area contributed by atoms with E-state index in [1.54, 1.807) is 32.0 Å². The fourth-order valence-electron chi connectivity index (χ4n) is 1.12. The monoisotopic (exact) mass is 321 g/mol. The second-order valence-electron chi connectivity index (χ2n) is 3.95. The van der Waals surface area contributed by atoms with Crippen LogP contribution in [0, 0.1) is 0 Å². The Bertz CT molecular complexity index is 502. The maximum Gasteiger partial charge on any atom is 0.301 e. The minimum Gasteiger partial charge on any atom is -0.397 e. The molecule has 0 radical (unpaired) electrons. The molecule has 0 aromatic heterocycles. The number of nitrogens with zero attached hydrogens (tertiary/aromatic N) is 1. The number of anilines is 2. The van der Waals surface area contributed by atoms with Crippen LogP contribution in [0.4, 0.5) is 11.4 Å². The van der Waals surface area contributed by atoms with E-state index in [0.29, 0.717) is 11.4 Å². The van der Waals surface area contributed by atoms with Gasteiger partial charge < -0.3 is 5.73 Å². The minimum absolute atomic E-state index is 0.121. The number of hydrogen-bond acceptors (Lipinski definition) is 3. The summed E-state index contributed by atoms with van der Waals surface area (Å²) in [7, 11) is -2.04. The third-order valence-corrected chi connectivity index (χ3v) is 4.51. The van der Waals surface area contributed by atoms with E-state index >= 15 is 0 Å². The molecule has 1 aromatic rings. The van der Waals surface area contributed by atoms with Gasteiger partial charge in [0.1, 0.15) is 0 Å². The number of hydrogen-bond donors (Lipinski definition) is 2. The first-order chi connectivity index (χ1) is 7.74. The Hall–Kier alpha value is -0.790. The molecular formula is C10H16BrN3O2S. The third kappa shape index (κ3) is 3.58. The van der Waals surface area contributed by atoms with E-state index in [2.05, 4.69) is 20.7 Å². The van der Waals surface area contributed by atoms with Crippen LogP contribution in [-0.4, -0.2) is 25.8 Å². The average Bonchev–Trinajstić information content (AvgIpc) is 2.21. The van der Waals surface area contributed by atoms with Crippen LogP contribution >= 0.6 is 15.9 Å². The molecule has 96 valence electrons. The zero-order chi connectivity index (χ0) is 13.2. The highest BCUT2D eigenvalue weighted by molar-refractivity contribution is 9.10. The standard InChI is InChI=1S/C10H16BrN3O2S/c1-7(2)14(3)17(15,16)13-10-5-4-8(11)6-9(10)12/h4-7,13H,12H2,1-3H3. The summed E-state index contributed by atoms with van der Waals surface area (Å²) in [4.78, 5) is 0. The molecule has 0 saturated carbocycles. The highest BCUT2D eigenvalue weighted by Crippen LogP contribution is 2.24. The highest BCUT2D eigenvalue weighted by Gasteiger charge is 2.20. The lowest BCUT2D eigenvalue weighted by Crippen LogP contribution is -2.37. The zero-order valence-corrected chi connectivity index (χ0v) is 12.3. The first-order valence-corrected chi connectivity index (χ1v) is 7.28. The average molecular weight is 322 g/mol. The summed E-state index contributed by atoms with van der Waals surface area (Å²) in [5.74, 6) is 0. The Morgan fingerprint density at radius 1 is 1.41 bits per heavy atom. The van der Waals surface area contributed by atoms with E-state index in [4.69, 9.17) is 5.73 Å². The summed E-state index contributed by atoms with van der Waals surface area (Å²) in [6, 6.07) is 4.87. The molecule has 0 aliphatic heterocycles. The second-order valence-corrected chi connectivity index (χ2v) is 6.59.